The zero-order valence-electron chi connectivity index (χ0n) is 11.8. The summed E-state index contributed by atoms with van der Waals surface area (Å²) in [6.45, 7) is 6.63. The van der Waals surface area contributed by atoms with Crippen LogP contribution in [0.15, 0.2) is 10.2 Å². The lowest BCUT2D eigenvalue weighted by molar-refractivity contribution is 0.180. The number of H-pyrrole nitrogens is 1. The first kappa shape index (κ1) is 15.6. The predicted octanol–water partition coefficient (Wildman–Crippen LogP) is 2.94. The standard InChI is InChI=1S/C13H16IN3O2S/c1-13(2,3)12-16-8(6-20-12)10-15-7(5-19-4)9(14)11(18)17-10/h6H,5H2,1-4H3,(H,15,17,18). The Morgan fingerprint density at radius 3 is 2.65 bits per heavy atom. The van der Waals surface area contributed by atoms with Gasteiger partial charge >= 0.3 is 0 Å². The highest BCUT2D eigenvalue weighted by Crippen LogP contribution is 2.28. The summed E-state index contributed by atoms with van der Waals surface area (Å²) in [7, 11) is 1.58. The number of rotatable bonds is 3. The van der Waals surface area contributed by atoms with Gasteiger partial charge in [0.25, 0.3) is 5.56 Å². The molecular formula is C13H16IN3O2S. The van der Waals surface area contributed by atoms with Gasteiger partial charge in [-0.05, 0) is 22.6 Å². The summed E-state index contributed by atoms with van der Waals surface area (Å²) < 4.78 is 5.63. The third-order valence-electron chi connectivity index (χ3n) is 2.60. The third-order valence-corrected chi connectivity index (χ3v) is 4.98. The molecule has 0 amide bonds. The van der Waals surface area contributed by atoms with E-state index in [1.54, 1.807) is 18.4 Å². The number of aromatic amines is 1. The number of aromatic nitrogens is 3. The average Bonchev–Trinajstić information content (AvgIpc) is 2.84. The van der Waals surface area contributed by atoms with E-state index in [9.17, 15) is 4.79 Å². The van der Waals surface area contributed by atoms with Crippen molar-refractivity contribution in [3.05, 3.63) is 30.0 Å². The second-order valence-electron chi connectivity index (χ2n) is 5.40. The van der Waals surface area contributed by atoms with Gasteiger partial charge in [0.15, 0.2) is 5.82 Å². The van der Waals surface area contributed by atoms with Crippen LogP contribution in [0.5, 0.6) is 0 Å². The number of hydrogen-bond donors (Lipinski definition) is 1. The monoisotopic (exact) mass is 405 g/mol. The average molecular weight is 405 g/mol. The van der Waals surface area contributed by atoms with Crippen LogP contribution in [0, 0.1) is 3.57 Å². The topological polar surface area (TPSA) is 67.9 Å². The fourth-order valence-electron chi connectivity index (χ4n) is 1.59. The van der Waals surface area contributed by atoms with Crippen LogP contribution in [0.4, 0.5) is 0 Å². The molecule has 0 radical (unpaired) electrons. The van der Waals surface area contributed by atoms with Crippen LogP contribution in [-0.4, -0.2) is 22.1 Å². The molecule has 2 rings (SSSR count). The highest BCUT2D eigenvalue weighted by molar-refractivity contribution is 14.1. The number of methoxy groups -OCH3 is 1. The molecule has 0 saturated carbocycles. The van der Waals surface area contributed by atoms with E-state index in [2.05, 4.69) is 35.7 Å². The number of nitrogens with zero attached hydrogens (tertiary/aromatic N) is 2. The van der Waals surface area contributed by atoms with Crippen molar-refractivity contribution in [3.8, 4) is 11.5 Å². The van der Waals surface area contributed by atoms with Gasteiger partial charge in [-0.2, -0.15) is 0 Å². The van der Waals surface area contributed by atoms with Gasteiger partial charge in [-0.3, -0.25) is 4.79 Å². The molecule has 0 bridgehead atoms. The maximum atomic E-state index is 11.9. The summed E-state index contributed by atoms with van der Waals surface area (Å²) >= 11 is 3.55. The van der Waals surface area contributed by atoms with Crippen molar-refractivity contribution in [1.29, 1.82) is 0 Å². The zero-order chi connectivity index (χ0) is 14.9. The van der Waals surface area contributed by atoms with Crippen LogP contribution in [0.2, 0.25) is 0 Å². The lowest BCUT2D eigenvalue weighted by atomic mass is 9.98. The smallest absolute Gasteiger partial charge is 0.265 e. The molecule has 0 unspecified atom stereocenters. The van der Waals surface area contributed by atoms with Crippen LogP contribution in [0.3, 0.4) is 0 Å². The van der Waals surface area contributed by atoms with Crippen LogP contribution in [-0.2, 0) is 16.8 Å². The Morgan fingerprint density at radius 2 is 2.10 bits per heavy atom. The molecule has 0 fully saturated rings. The van der Waals surface area contributed by atoms with E-state index in [4.69, 9.17) is 4.74 Å². The first-order chi connectivity index (χ1) is 9.32. The van der Waals surface area contributed by atoms with E-state index in [1.807, 2.05) is 28.0 Å². The summed E-state index contributed by atoms with van der Waals surface area (Å²) in [5, 5.41) is 2.93. The van der Waals surface area contributed by atoms with E-state index in [-0.39, 0.29) is 11.0 Å². The van der Waals surface area contributed by atoms with Crippen molar-refractivity contribution in [2.45, 2.75) is 32.8 Å². The highest BCUT2D eigenvalue weighted by Gasteiger charge is 2.20. The van der Waals surface area contributed by atoms with Crippen molar-refractivity contribution in [1.82, 2.24) is 15.0 Å². The van der Waals surface area contributed by atoms with E-state index >= 15 is 0 Å². The molecule has 0 aliphatic carbocycles. The van der Waals surface area contributed by atoms with E-state index in [0.717, 1.165) is 5.01 Å². The van der Waals surface area contributed by atoms with Crippen molar-refractivity contribution in [3.63, 3.8) is 0 Å². The van der Waals surface area contributed by atoms with Gasteiger partial charge in [0.1, 0.15) is 9.26 Å². The summed E-state index contributed by atoms with van der Waals surface area (Å²) in [5.41, 5.74) is 1.16. The maximum Gasteiger partial charge on any atom is 0.265 e. The zero-order valence-corrected chi connectivity index (χ0v) is 14.8. The Bertz CT molecular complexity index is 673. The van der Waals surface area contributed by atoms with Gasteiger partial charge in [-0.15, -0.1) is 11.3 Å². The highest BCUT2D eigenvalue weighted by atomic mass is 127. The predicted molar refractivity (Wildman–Crippen MR) is 88.1 cm³/mol. The molecule has 0 saturated heterocycles. The van der Waals surface area contributed by atoms with Gasteiger partial charge < -0.3 is 9.72 Å². The van der Waals surface area contributed by atoms with E-state index < -0.39 is 0 Å². The maximum absolute atomic E-state index is 11.9. The van der Waals surface area contributed by atoms with E-state index in [0.29, 0.717) is 27.4 Å². The second kappa shape index (κ2) is 5.90. The summed E-state index contributed by atoms with van der Waals surface area (Å²) in [6.07, 6.45) is 0. The number of nitrogens with one attached hydrogen (secondary N) is 1. The van der Waals surface area contributed by atoms with E-state index in [1.165, 1.54) is 0 Å². The first-order valence-electron chi connectivity index (χ1n) is 6.07. The summed E-state index contributed by atoms with van der Waals surface area (Å²) in [5.74, 6) is 0.495. The normalized spacial score (nSPS) is 11.8. The number of thiazole rings is 1. The number of halogens is 1. The van der Waals surface area contributed by atoms with Crippen LogP contribution in [0.25, 0.3) is 11.5 Å². The van der Waals surface area contributed by atoms with Crippen LogP contribution in [0.1, 0.15) is 31.5 Å². The molecule has 0 atom stereocenters. The fourth-order valence-corrected chi connectivity index (χ4v) is 2.89. The van der Waals surface area contributed by atoms with Gasteiger partial charge in [0.2, 0.25) is 0 Å². The van der Waals surface area contributed by atoms with Gasteiger partial charge in [0, 0.05) is 17.9 Å². The lowest BCUT2D eigenvalue weighted by Gasteiger charge is -2.13. The quantitative estimate of drug-likeness (QED) is 0.798. The van der Waals surface area contributed by atoms with Crippen molar-refractivity contribution in [2.24, 2.45) is 0 Å². The molecule has 1 N–H and O–H groups in total. The van der Waals surface area contributed by atoms with Crippen LogP contribution >= 0.6 is 33.9 Å². The third kappa shape index (κ3) is 3.26. The fraction of sp³-hybridized carbons (Fsp3) is 0.462. The minimum Gasteiger partial charge on any atom is -0.378 e. The molecule has 7 heteroatoms. The lowest BCUT2D eigenvalue weighted by Crippen LogP contribution is -2.17. The van der Waals surface area contributed by atoms with Crippen molar-refractivity contribution >= 4 is 33.9 Å². The largest absolute Gasteiger partial charge is 0.378 e. The first-order valence-corrected chi connectivity index (χ1v) is 8.02. The number of hydrogen-bond acceptors (Lipinski definition) is 5. The Kier molecular flexibility index (Phi) is 4.60. The molecule has 0 aromatic carbocycles. The van der Waals surface area contributed by atoms with Gasteiger partial charge in [0.05, 0.1) is 17.3 Å². The Hall–Kier alpha value is -0.800. The minimum atomic E-state index is -0.159. The van der Waals surface area contributed by atoms with Crippen molar-refractivity contribution in [2.75, 3.05) is 7.11 Å². The van der Waals surface area contributed by atoms with Crippen molar-refractivity contribution < 1.29 is 4.74 Å². The van der Waals surface area contributed by atoms with Crippen LogP contribution < -0.4 is 5.56 Å². The number of ether oxygens (including phenoxy) is 1. The SMILES string of the molecule is COCc1nc(-c2csc(C(C)(C)C)n2)[nH]c(=O)c1I. The molecule has 2 aromatic rings. The molecule has 2 aromatic heterocycles. The molecular weight excluding hydrogens is 389 g/mol. The Balaban J connectivity index is 2.48. The molecule has 20 heavy (non-hydrogen) atoms. The molecule has 108 valence electrons. The Labute approximate surface area is 135 Å². The molecule has 0 spiro atoms. The molecule has 5 nitrogen and oxygen atoms in total. The summed E-state index contributed by atoms with van der Waals surface area (Å²) in [6, 6.07) is 0. The molecule has 0 aliphatic rings. The molecule has 0 aliphatic heterocycles. The summed E-state index contributed by atoms with van der Waals surface area (Å²) in [4.78, 5) is 23.7. The molecule has 2 heterocycles. The second-order valence-corrected chi connectivity index (χ2v) is 7.33. The van der Waals surface area contributed by atoms with Gasteiger partial charge in [-0.25, -0.2) is 9.97 Å². The Morgan fingerprint density at radius 1 is 1.40 bits per heavy atom. The minimum absolute atomic E-state index is 0.0121. The van der Waals surface area contributed by atoms with Gasteiger partial charge in [-0.1, -0.05) is 20.8 Å².